The Morgan fingerprint density at radius 1 is 0.483 bits per heavy atom. The molecule has 0 aliphatic heterocycles. The Hall–Kier alpha value is -7.43. The lowest BCUT2D eigenvalue weighted by Crippen LogP contribution is -2.05. The number of fused-ring (bicyclic) bond motifs is 4. The summed E-state index contributed by atoms with van der Waals surface area (Å²) >= 11 is 0. The Kier molecular flexibility index (Phi) is 8.97. The lowest BCUT2D eigenvalue weighted by molar-refractivity contribution is 0.670. The van der Waals surface area contributed by atoms with Crippen LogP contribution in [0.4, 0.5) is 0 Å². The van der Waals surface area contributed by atoms with Crippen molar-refractivity contribution in [1.82, 2.24) is 15.0 Å². The number of nitrogens with zero attached hydrogens (tertiary/aromatic N) is 3. The van der Waals surface area contributed by atoms with Crippen molar-refractivity contribution in [3.8, 4) is 56.4 Å². The smallest absolute Gasteiger partial charge is 0.164 e. The quantitative estimate of drug-likeness (QED) is 0.162. The van der Waals surface area contributed by atoms with Crippen molar-refractivity contribution in [1.29, 1.82) is 0 Å². The van der Waals surface area contributed by atoms with Gasteiger partial charge in [-0.2, -0.15) is 0 Å². The average molecular weight is 772 g/mol. The first-order valence-electron chi connectivity index (χ1n) is 20.9. The lowest BCUT2D eigenvalue weighted by atomic mass is 9.81. The monoisotopic (exact) mass is 771 g/mol. The van der Waals surface area contributed by atoms with E-state index in [2.05, 4.69) is 171 Å². The van der Waals surface area contributed by atoms with Crippen LogP contribution >= 0.6 is 0 Å². The fourth-order valence-electron chi connectivity index (χ4n) is 8.99. The Bertz CT molecular complexity index is 3160. The maximum atomic E-state index is 6.72. The van der Waals surface area contributed by atoms with Gasteiger partial charge in [0.05, 0.1) is 0 Å². The molecule has 286 valence electrons. The van der Waals surface area contributed by atoms with Gasteiger partial charge < -0.3 is 4.42 Å². The van der Waals surface area contributed by atoms with E-state index in [0.717, 1.165) is 80.1 Å². The van der Waals surface area contributed by atoms with Crippen LogP contribution in [-0.4, -0.2) is 15.0 Å². The number of para-hydroxylation sites is 1. The van der Waals surface area contributed by atoms with Crippen LogP contribution in [0.1, 0.15) is 54.4 Å². The summed E-state index contributed by atoms with van der Waals surface area (Å²) < 4.78 is 6.72. The van der Waals surface area contributed by atoms with E-state index < -0.39 is 0 Å². The van der Waals surface area contributed by atoms with Crippen molar-refractivity contribution in [2.75, 3.05) is 0 Å². The minimum Gasteiger partial charge on any atom is -0.455 e. The van der Waals surface area contributed by atoms with E-state index in [1.807, 2.05) is 24.3 Å². The van der Waals surface area contributed by atoms with Gasteiger partial charge in [0.25, 0.3) is 0 Å². The third kappa shape index (κ3) is 6.47. The van der Waals surface area contributed by atoms with Crippen LogP contribution in [0.15, 0.2) is 186 Å². The molecule has 7 aromatic carbocycles. The van der Waals surface area contributed by atoms with E-state index in [4.69, 9.17) is 19.4 Å². The van der Waals surface area contributed by atoms with Gasteiger partial charge in [-0.05, 0) is 99.5 Å². The largest absolute Gasteiger partial charge is 0.455 e. The van der Waals surface area contributed by atoms with Gasteiger partial charge in [-0.25, -0.2) is 15.0 Å². The topological polar surface area (TPSA) is 51.8 Å². The first kappa shape index (κ1) is 35.7. The maximum absolute atomic E-state index is 6.72. The van der Waals surface area contributed by atoms with Crippen molar-refractivity contribution < 1.29 is 4.42 Å². The predicted molar refractivity (Wildman–Crippen MR) is 248 cm³/mol. The first-order valence-corrected chi connectivity index (χ1v) is 20.9. The highest BCUT2D eigenvalue weighted by molar-refractivity contribution is 6.17. The third-order valence-electron chi connectivity index (χ3n) is 12.2. The molecule has 0 saturated carbocycles. The van der Waals surface area contributed by atoms with E-state index in [9.17, 15) is 0 Å². The number of hydrogen-bond donors (Lipinski definition) is 0. The van der Waals surface area contributed by atoms with Crippen LogP contribution in [0, 0.1) is 0 Å². The molecular weight excluding hydrogens is 731 g/mol. The molecular formula is C56H41N3O. The molecule has 0 bridgehead atoms. The molecule has 0 amide bonds. The molecule has 0 fully saturated rings. The van der Waals surface area contributed by atoms with Crippen molar-refractivity contribution in [3.63, 3.8) is 0 Å². The van der Waals surface area contributed by atoms with Crippen LogP contribution in [0.25, 0.3) is 95.6 Å². The van der Waals surface area contributed by atoms with Gasteiger partial charge in [0.1, 0.15) is 11.2 Å². The highest BCUT2D eigenvalue weighted by Gasteiger charge is 2.24. The zero-order valence-corrected chi connectivity index (χ0v) is 33.3. The fraction of sp³-hybridized carbons (Fsp3) is 0.0893. The summed E-state index contributed by atoms with van der Waals surface area (Å²) in [5.41, 5.74) is 16.8. The molecule has 4 nitrogen and oxygen atoms in total. The molecule has 2 heterocycles. The zero-order chi connectivity index (χ0) is 40.0. The number of hydrogen-bond acceptors (Lipinski definition) is 4. The molecule has 2 aliphatic rings. The molecule has 0 spiro atoms. The standard InChI is InChI=1S/C56H41N3O/c1-36-14-13-22-46-49(36)34-44(35-50(46)47-33-32-45(41-17-7-3-8-18-41)53-52(47)48-21-11-12-23-51(48)60-53)56-58-54(42-19-9-4-10-20-42)57-55(59-56)43-30-28-40(29-31-43)39-26-24-38(25-27-39)37-15-5-2-6-16-37/h2-13,15-24,26,28-36H,14,25,27H2,1H3. The Morgan fingerprint density at radius 3 is 1.68 bits per heavy atom. The molecule has 1 unspecified atom stereocenters. The highest BCUT2D eigenvalue weighted by atomic mass is 16.3. The molecule has 4 heteroatoms. The van der Waals surface area contributed by atoms with Gasteiger partial charge in [-0.1, -0.05) is 171 Å². The molecule has 1 atom stereocenters. The Labute approximate surface area is 350 Å². The summed E-state index contributed by atoms with van der Waals surface area (Å²) in [6.07, 6.45) is 12.1. The second kappa shape index (κ2) is 15.1. The summed E-state index contributed by atoms with van der Waals surface area (Å²) in [5.74, 6) is 2.27. The van der Waals surface area contributed by atoms with Crippen molar-refractivity contribution in [2.45, 2.75) is 32.1 Å². The fourth-order valence-corrected chi connectivity index (χ4v) is 8.99. The molecule has 0 radical (unpaired) electrons. The van der Waals surface area contributed by atoms with E-state index in [0.29, 0.717) is 23.4 Å². The summed E-state index contributed by atoms with van der Waals surface area (Å²) in [4.78, 5) is 15.6. The van der Waals surface area contributed by atoms with E-state index >= 15 is 0 Å². The van der Waals surface area contributed by atoms with Gasteiger partial charge in [-0.15, -0.1) is 0 Å². The minimum absolute atomic E-state index is 0.319. The van der Waals surface area contributed by atoms with Crippen molar-refractivity contribution in [3.05, 3.63) is 204 Å². The first-order chi connectivity index (χ1) is 29.6. The van der Waals surface area contributed by atoms with E-state index in [-0.39, 0.29) is 0 Å². The summed E-state index contributed by atoms with van der Waals surface area (Å²) in [7, 11) is 0. The van der Waals surface area contributed by atoms with Gasteiger partial charge in [0.15, 0.2) is 17.5 Å². The Balaban J connectivity index is 1.06. The number of benzene rings is 7. The lowest BCUT2D eigenvalue weighted by Gasteiger charge is -2.23. The molecule has 9 aromatic rings. The molecule has 2 aliphatic carbocycles. The number of rotatable bonds is 7. The highest BCUT2D eigenvalue weighted by Crippen LogP contribution is 2.46. The van der Waals surface area contributed by atoms with Crippen molar-refractivity contribution >= 4 is 39.2 Å². The van der Waals surface area contributed by atoms with Crippen LogP contribution in [0.3, 0.4) is 0 Å². The number of aromatic nitrogens is 3. The molecule has 11 rings (SSSR count). The number of allylic oxidation sites excluding steroid dienone is 5. The minimum atomic E-state index is 0.319. The predicted octanol–water partition coefficient (Wildman–Crippen LogP) is 14.9. The van der Waals surface area contributed by atoms with Crippen LogP contribution in [-0.2, 0) is 0 Å². The second-order valence-electron chi connectivity index (χ2n) is 15.9. The van der Waals surface area contributed by atoms with Gasteiger partial charge >= 0.3 is 0 Å². The second-order valence-corrected chi connectivity index (χ2v) is 15.9. The molecule has 2 aromatic heterocycles. The van der Waals surface area contributed by atoms with Crippen LogP contribution < -0.4 is 0 Å². The molecule has 0 saturated heterocycles. The van der Waals surface area contributed by atoms with Gasteiger partial charge in [-0.3, -0.25) is 0 Å². The molecule has 0 N–H and O–H groups in total. The van der Waals surface area contributed by atoms with Crippen LogP contribution in [0.2, 0.25) is 0 Å². The SMILES string of the molecule is CC1CC=Cc2c(-c3ccc(-c4ccccc4)c4oc5ccccc5c34)cc(-c3nc(-c4ccccc4)nc(-c4ccc(C5=CC=C(c6ccccc6)CC5)cc4)n3)cc21. The van der Waals surface area contributed by atoms with Crippen LogP contribution in [0.5, 0.6) is 0 Å². The van der Waals surface area contributed by atoms with Crippen molar-refractivity contribution in [2.24, 2.45) is 0 Å². The maximum Gasteiger partial charge on any atom is 0.164 e. The summed E-state index contributed by atoms with van der Waals surface area (Å²) in [6.45, 7) is 2.31. The van der Waals surface area contributed by atoms with E-state index in [1.54, 1.807) is 0 Å². The molecule has 60 heavy (non-hydrogen) atoms. The Morgan fingerprint density at radius 2 is 1.02 bits per heavy atom. The van der Waals surface area contributed by atoms with Gasteiger partial charge in [0, 0.05) is 33.0 Å². The summed E-state index contributed by atoms with van der Waals surface area (Å²) in [5, 5.41) is 2.21. The van der Waals surface area contributed by atoms with E-state index in [1.165, 1.54) is 33.4 Å². The third-order valence-corrected chi connectivity index (χ3v) is 12.2. The average Bonchev–Trinajstić information content (AvgIpc) is 3.72. The normalized spacial score (nSPS) is 14.8. The summed E-state index contributed by atoms with van der Waals surface area (Å²) in [6, 6.07) is 57.6. The van der Waals surface area contributed by atoms with Gasteiger partial charge in [0.2, 0.25) is 0 Å². The number of furan rings is 1. The zero-order valence-electron chi connectivity index (χ0n) is 33.3.